The molecule has 2 N–H and O–H groups in total. The lowest BCUT2D eigenvalue weighted by Gasteiger charge is -2.04. The number of hydrogen-bond acceptors (Lipinski definition) is 2. The van der Waals surface area contributed by atoms with Crippen molar-refractivity contribution in [3.05, 3.63) is 0 Å². The molecule has 0 aliphatic heterocycles. The molecule has 9 heavy (non-hydrogen) atoms. The van der Waals surface area contributed by atoms with Crippen LogP contribution in [0, 0.1) is 5.92 Å². The Kier molecular flexibility index (Phi) is 5.99. The van der Waals surface area contributed by atoms with Crippen molar-refractivity contribution in [2.75, 3.05) is 19.8 Å². The number of rotatable bonds is 5. The van der Waals surface area contributed by atoms with Gasteiger partial charge >= 0.3 is 0 Å². The van der Waals surface area contributed by atoms with E-state index in [0.717, 1.165) is 26.2 Å². The summed E-state index contributed by atoms with van der Waals surface area (Å²) in [4.78, 5) is 0. The molecule has 0 unspecified atom stereocenters. The van der Waals surface area contributed by atoms with Crippen LogP contribution in [0.4, 0.5) is 0 Å². The highest BCUT2D eigenvalue weighted by atomic mass is 16.5. The zero-order valence-electron chi connectivity index (χ0n) is 6.39. The summed E-state index contributed by atoms with van der Waals surface area (Å²) in [7, 11) is 0. The number of nitrogens with two attached hydrogens (primary N) is 1. The summed E-state index contributed by atoms with van der Waals surface area (Å²) in [5.41, 5.74) is 5.27. The van der Waals surface area contributed by atoms with Crippen LogP contribution in [0.25, 0.3) is 0 Å². The van der Waals surface area contributed by atoms with Crippen LogP contribution < -0.4 is 5.73 Å². The molecule has 0 aliphatic rings. The van der Waals surface area contributed by atoms with Gasteiger partial charge in [0.25, 0.3) is 0 Å². The number of hydrogen-bond donors (Lipinski definition) is 1. The van der Waals surface area contributed by atoms with Gasteiger partial charge in [-0.3, -0.25) is 0 Å². The fraction of sp³-hybridized carbons (Fsp3) is 1.00. The van der Waals surface area contributed by atoms with E-state index in [1.807, 2.05) is 0 Å². The highest BCUT2D eigenvalue weighted by Crippen LogP contribution is 1.92. The van der Waals surface area contributed by atoms with Gasteiger partial charge in [0.2, 0.25) is 0 Å². The molecule has 2 heteroatoms. The molecule has 0 aromatic heterocycles. The first kappa shape index (κ1) is 8.92. The van der Waals surface area contributed by atoms with Crippen molar-refractivity contribution in [1.29, 1.82) is 0 Å². The lowest BCUT2D eigenvalue weighted by molar-refractivity contribution is 0.109. The third-order valence-electron chi connectivity index (χ3n) is 0.944. The first-order valence-corrected chi connectivity index (χ1v) is 3.55. The Hall–Kier alpha value is -0.0800. The van der Waals surface area contributed by atoms with Crippen LogP contribution in [0.15, 0.2) is 0 Å². The minimum atomic E-state index is 0.641. The molecule has 0 saturated heterocycles. The van der Waals surface area contributed by atoms with Gasteiger partial charge in [0.05, 0.1) is 0 Å². The molecule has 0 atom stereocenters. The largest absolute Gasteiger partial charge is 0.381 e. The molecule has 0 aliphatic carbocycles. The Morgan fingerprint density at radius 3 is 2.56 bits per heavy atom. The van der Waals surface area contributed by atoms with Gasteiger partial charge < -0.3 is 10.5 Å². The van der Waals surface area contributed by atoms with Gasteiger partial charge in [-0.15, -0.1) is 0 Å². The Bertz CT molecular complexity index is 54.9. The summed E-state index contributed by atoms with van der Waals surface area (Å²) in [5, 5.41) is 0. The maximum absolute atomic E-state index is 5.27. The molecule has 0 bridgehead atoms. The summed E-state index contributed by atoms with van der Waals surface area (Å²) in [6.45, 7) is 6.69. The predicted octanol–water partition coefficient (Wildman–Crippen LogP) is 1.01. The summed E-state index contributed by atoms with van der Waals surface area (Å²) >= 11 is 0. The highest BCUT2D eigenvalue weighted by molar-refractivity contribution is 4.40. The van der Waals surface area contributed by atoms with Crippen molar-refractivity contribution < 1.29 is 4.74 Å². The Morgan fingerprint density at radius 1 is 1.44 bits per heavy atom. The second-order valence-corrected chi connectivity index (χ2v) is 2.61. The van der Waals surface area contributed by atoms with Gasteiger partial charge in [-0.05, 0) is 18.9 Å². The molecule has 0 amide bonds. The third-order valence-corrected chi connectivity index (χ3v) is 0.944. The van der Waals surface area contributed by atoms with Gasteiger partial charge in [-0.2, -0.15) is 0 Å². The van der Waals surface area contributed by atoms with Crippen molar-refractivity contribution in [2.24, 2.45) is 11.7 Å². The summed E-state index contributed by atoms with van der Waals surface area (Å²) in [6, 6.07) is 0. The molecule has 0 radical (unpaired) electrons. The van der Waals surface area contributed by atoms with E-state index < -0.39 is 0 Å². The van der Waals surface area contributed by atoms with E-state index in [0.29, 0.717) is 5.92 Å². The van der Waals surface area contributed by atoms with Crippen LogP contribution in [0.1, 0.15) is 20.3 Å². The molecule has 0 heterocycles. The van der Waals surface area contributed by atoms with Crippen LogP contribution in [0.5, 0.6) is 0 Å². The van der Waals surface area contributed by atoms with Crippen molar-refractivity contribution >= 4 is 0 Å². The SMILES string of the molecule is CC(C)COCCCN. The Labute approximate surface area is 57.4 Å². The smallest absolute Gasteiger partial charge is 0.0489 e. The maximum atomic E-state index is 5.27. The molecule has 0 aromatic rings. The molecule has 0 spiro atoms. The van der Waals surface area contributed by atoms with Crippen molar-refractivity contribution in [1.82, 2.24) is 0 Å². The van der Waals surface area contributed by atoms with Crippen LogP contribution in [-0.4, -0.2) is 19.8 Å². The zero-order chi connectivity index (χ0) is 7.11. The van der Waals surface area contributed by atoms with Crippen molar-refractivity contribution in [3.63, 3.8) is 0 Å². The molecule has 56 valence electrons. The standard InChI is InChI=1S/C7H17NO/c1-7(2)6-9-5-3-4-8/h7H,3-6,8H2,1-2H3. The fourth-order valence-electron chi connectivity index (χ4n) is 0.504. The second kappa shape index (κ2) is 6.05. The average molecular weight is 131 g/mol. The van der Waals surface area contributed by atoms with Crippen LogP contribution in [0.2, 0.25) is 0 Å². The molecule has 0 saturated carbocycles. The first-order chi connectivity index (χ1) is 4.27. The number of ether oxygens (including phenoxy) is 1. The third kappa shape index (κ3) is 7.92. The van der Waals surface area contributed by atoms with E-state index in [4.69, 9.17) is 10.5 Å². The van der Waals surface area contributed by atoms with Crippen LogP contribution >= 0.6 is 0 Å². The minimum absolute atomic E-state index is 0.641. The van der Waals surface area contributed by atoms with Gasteiger partial charge in [-0.25, -0.2) is 0 Å². The minimum Gasteiger partial charge on any atom is -0.381 e. The average Bonchev–Trinajstić information content (AvgIpc) is 1.80. The van der Waals surface area contributed by atoms with Gasteiger partial charge in [-0.1, -0.05) is 13.8 Å². The molecular formula is C7H17NO. The van der Waals surface area contributed by atoms with E-state index in [9.17, 15) is 0 Å². The second-order valence-electron chi connectivity index (χ2n) is 2.61. The molecule has 2 nitrogen and oxygen atoms in total. The van der Waals surface area contributed by atoms with Crippen LogP contribution in [0.3, 0.4) is 0 Å². The normalized spacial score (nSPS) is 10.7. The van der Waals surface area contributed by atoms with Crippen molar-refractivity contribution in [3.8, 4) is 0 Å². The summed E-state index contributed by atoms with van der Waals surface area (Å²) in [6.07, 6.45) is 0.979. The molecule has 0 fully saturated rings. The first-order valence-electron chi connectivity index (χ1n) is 3.55. The Balaban J connectivity index is 2.75. The Morgan fingerprint density at radius 2 is 2.11 bits per heavy atom. The maximum Gasteiger partial charge on any atom is 0.0489 e. The van der Waals surface area contributed by atoms with E-state index in [-0.39, 0.29) is 0 Å². The fourth-order valence-corrected chi connectivity index (χ4v) is 0.504. The quantitative estimate of drug-likeness (QED) is 0.565. The van der Waals surface area contributed by atoms with E-state index in [2.05, 4.69) is 13.8 Å². The van der Waals surface area contributed by atoms with Gasteiger partial charge in [0, 0.05) is 13.2 Å². The summed E-state index contributed by atoms with van der Waals surface area (Å²) < 4.78 is 5.26. The zero-order valence-corrected chi connectivity index (χ0v) is 6.39. The monoisotopic (exact) mass is 131 g/mol. The van der Waals surface area contributed by atoms with E-state index in [1.165, 1.54) is 0 Å². The molecule has 0 rings (SSSR count). The highest BCUT2D eigenvalue weighted by Gasteiger charge is 1.91. The predicted molar refractivity (Wildman–Crippen MR) is 39.3 cm³/mol. The van der Waals surface area contributed by atoms with E-state index >= 15 is 0 Å². The van der Waals surface area contributed by atoms with Gasteiger partial charge in [0.1, 0.15) is 0 Å². The van der Waals surface area contributed by atoms with Crippen molar-refractivity contribution in [2.45, 2.75) is 20.3 Å². The van der Waals surface area contributed by atoms with Crippen LogP contribution in [-0.2, 0) is 4.74 Å². The van der Waals surface area contributed by atoms with E-state index in [1.54, 1.807) is 0 Å². The topological polar surface area (TPSA) is 35.2 Å². The lowest BCUT2D eigenvalue weighted by atomic mass is 10.2. The summed E-state index contributed by atoms with van der Waals surface area (Å²) in [5.74, 6) is 0.641. The lowest BCUT2D eigenvalue weighted by Crippen LogP contribution is -2.07. The molecule has 0 aromatic carbocycles. The van der Waals surface area contributed by atoms with Gasteiger partial charge in [0.15, 0.2) is 0 Å². The molecular weight excluding hydrogens is 114 g/mol.